The lowest BCUT2D eigenvalue weighted by atomic mass is 9.84. The van der Waals surface area contributed by atoms with E-state index in [4.69, 9.17) is 56.9 Å². The van der Waals surface area contributed by atoms with Gasteiger partial charge in [0.25, 0.3) is 0 Å². The van der Waals surface area contributed by atoms with Gasteiger partial charge in [0, 0.05) is 43.4 Å². The zero-order valence-corrected chi connectivity index (χ0v) is 77.5. The minimum absolute atomic E-state index is 0.00657. The standard InChI is InChI=1S/C30H35NO3Si.C26H28O3.C26H26O3.C10H10Br2O3.C10H12O3/c1-18-9-11-23(15-20(18)3)26-22(5)27(24-12-10-19(2)21(4)16-24)29-30(33-14-13-32-29)28(26)25(17-31)34-35(6,7)8;2*1-15-6-8-20(12-17(15)3)23-19(5)24(21-9-7-16(2)18(4)13-21)26-25(22(23)14-27)28-10-11-29-26;1-5-7(11)6(4-13)9-10(8(5)12)15-3-2-14-9;1-7-4-8(6-11)10-9(5-7)12-2-3-13-10/h9-12,15-16,25H,13-14H2,1-8H3;6-9,12-13,27H,10-11,14H2,1-5H3;6-9,12-14H,10-11H2,1-5H3;13H,2-4H2,1H3;4-5,11H,2-3,6H2,1H3. The molecule has 632 valence electrons. The van der Waals surface area contributed by atoms with E-state index in [0.29, 0.717) is 118 Å². The molecule has 0 radical (unpaired) electrons. The summed E-state index contributed by atoms with van der Waals surface area (Å²) >= 11 is 6.91. The third-order valence-corrected chi connectivity index (χ3v) is 26.1. The van der Waals surface area contributed by atoms with Crippen LogP contribution in [0.3, 0.4) is 0 Å². The van der Waals surface area contributed by atoms with Gasteiger partial charge in [-0.15, -0.1) is 0 Å². The second-order valence-electron chi connectivity index (χ2n) is 32.7. The Morgan fingerprint density at radius 1 is 0.355 bits per heavy atom. The third-order valence-electron chi connectivity index (χ3n) is 23.2. The van der Waals surface area contributed by atoms with Crippen molar-refractivity contribution < 1.29 is 71.9 Å². The minimum atomic E-state index is -2.04. The molecule has 0 spiro atoms. The lowest BCUT2D eigenvalue weighted by Gasteiger charge is -2.32. The highest BCUT2D eigenvalue weighted by Crippen LogP contribution is 2.56. The van der Waals surface area contributed by atoms with Crippen molar-refractivity contribution in [1.29, 1.82) is 5.26 Å². The summed E-state index contributed by atoms with van der Waals surface area (Å²) in [5.74, 6) is 6.74. The summed E-state index contributed by atoms with van der Waals surface area (Å²) < 4.78 is 66.8. The van der Waals surface area contributed by atoms with Gasteiger partial charge in [0.1, 0.15) is 66.1 Å². The molecule has 5 aliphatic heterocycles. The maximum atomic E-state index is 12.2. The average Bonchev–Trinajstić information content (AvgIpc) is 0.745. The highest BCUT2D eigenvalue weighted by atomic mass is 79.9. The molecule has 0 saturated heterocycles. The molecule has 0 fully saturated rings. The lowest BCUT2D eigenvalue weighted by Crippen LogP contribution is -2.29. The molecule has 16 rings (SSSR count). The fourth-order valence-corrected chi connectivity index (χ4v) is 18.0. The highest BCUT2D eigenvalue weighted by Gasteiger charge is 2.37. The second-order valence-corrected chi connectivity index (χ2v) is 38.7. The number of fused-ring (bicyclic) bond motifs is 5. The van der Waals surface area contributed by atoms with Gasteiger partial charge in [-0.3, -0.25) is 4.79 Å². The number of aldehydes is 1. The quantitative estimate of drug-likeness (QED) is 0.0726. The van der Waals surface area contributed by atoms with Gasteiger partial charge in [-0.25, -0.2) is 0 Å². The number of rotatable bonds is 13. The molecule has 0 amide bonds. The topological polar surface area (TPSA) is 203 Å². The van der Waals surface area contributed by atoms with E-state index in [1.807, 2.05) is 26.0 Å². The first-order valence-electron chi connectivity index (χ1n) is 41.2. The van der Waals surface area contributed by atoms with Crippen molar-refractivity contribution in [3.63, 3.8) is 0 Å². The van der Waals surface area contributed by atoms with E-state index in [9.17, 15) is 20.3 Å². The predicted molar refractivity (Wildman–Crippen MR) is 492 cm³/mol. The number of carbonyl (C=O) groups excluding carboxylic acids is 1. The van der Waals surface area contributed by atoms with Gasteiger partial charge < -0.3 is 67.1 Å². The number of nitrogens with zero attached hydrogens (tertiary/aromatic N) is 1. The van der Waals surface area contributed by atoms with Crippen LogP contribution in [-0.2, 0) is 24.2 Å². The number of aliphatic hydroxyl groups excluding tert-OH is 3. The molecular formula is C102H111Br2NO15Si. The van der Waals surface area contributed by atoms with E-state index in [1.165, 1.54) is 66.8 Å². The molecule has 16 nitrogen and oxygen atoms in total. The van der Waals surface area contributed by atoms with Gasteiger partial charge in [-0.2, -0.15) is 5.26 Å². The van der Waals surface area contributed by atoms with E-state index >= 15 is 0 Å². The van der Waals surface area contributed by atoms with E-state index < -0.39 is 14.4 Å². The van der Waals surface area contributed by atoms with Crippen LogP contribution in [0.5, 0.6) is 57.5 Å². The number of aliphatic hydroxyl groups is 3. The Hall–Kier alpha value is -10.4. The van der Waals surface area contributed by atoms with Crippen LogP contribution >= 0.6 is 31.9 Å². The Labute approximate surface area is 731 Å². The summed E-state index contributed by atoms with van der Waals surface area (Å²) in [6.45, 7) is 46.8. The molecular weight excluding hydrogens is 1670 g/mol. The summed E-state index contributed by atoms with van der Waals surface area (Å²) in [6.07, 6.45) is 0.149. The summed E-state index contributed by atoms with van der Waals surface area (Å²) in [4.78, 5) is 12.2. The number of benzene rings is 11. The van der Waals surface area contributed by atoms with Crippen LogP contribution in [0.2, 0.25) is 19.6 Å². The molecule has 5 aliphatic rings. The number of hydrogen-bond donors (Lipinski definition) is 3. The number of hydrogen-bond acceptors (Lipinski definition) is 16. The Kier molecular flexibility index (Phi) is 28.8. The average molecular weight is 1780 g/mol. The van der Waals surface area contributed by atoms with E-state index in [0.717, 1.165) is 144 Å². The molecule has 0 saturated carbocycles. The molecule has 11 aromatic carbocycles. The third kappa shape index (κ3) is 19.1. The molecule has 0 aliphatic carbocycles. The van der Waals surface area contributed by atoms with Crippen molar-refractivity contribution in [1.82, 2.24) is 0 Å². The van der Waals surface area contributed by atoms with Crippen LogP contribution in [0.25, 0.3) is 66.8 Å². The highest BCUT2D eigenvalue weighted by molar-refractivity contribution is 9.11. The number of carbonyl (C=O) groups is 1. The van der Waals surface area contributed by atoms with Crippen molar-refractivity contribution in [2.75, 3.05) is 66.1 Å². The Morgan fingerprint density at radius 2 is 0.678 bits per heavy atom. The minimum Gasteiger partial charge on any atom is -0.486 e. The smallest absolute Gasteiger partial charge is 0.186 e. The first kappa shape index (κ1) is 89.8. The molecule has 1 unspecified atom stereocenters. The first-order chi connectivity index (χ1) is 57.8. The zero-order chi connectivity index (χ0) is 87.2. The zero-order valence-electron chi connectivity index (χ0n) is 73.3. The van der Waals surface area contributed by atoms with Crippen LogP contribution in [0.15, 0.2) is 130 Å². The van der Waals surface area contributed by atoms with Gasteiger partial charge >= 0.3 is 0 Å². The molecule has 11 aromatic rings. The van der Waals surface area contributed by atoms with Crippen molar-refractivity contribution in [3.8, 4) is 130 Å². The first-order valence-corrected chi connectivity index (χ1v) is 46.2. The molecule has 3 N–H and O–H groups in total. The second kappa shape index (κ2) is 38.8. The van der Waals surface area contributed by atoms with Gasteiger partial charge in [0.2, 0.25) is 0 Å². The number of halogens is 2. The summed E-state index contributed by atoms with van der Waals surface area (Å²) in [7, 11) is -2.04. The Morgan fingerprint density at radius 3 is 1.07 bits per heavy atom. The normalized spacial score (nSPS) is 13.5. The number of ether oxygens (including phenoxy) is 10. The van der Waals surface area contributed by atoms with E-state index in [2.05, 4.69) is 271 Å². The van der Waals surface area contributed by atoms with Crippen LogP contribution in [-0.4, -0.2) is 96.0 Å². The molecule has 121 heavy (non-hydrogen) atoms. The molecule has 5 heterocycles. The molecule has 0 aromatic heterocycles. The van der Waals surface area contributed by atoms with Crippen molar-refractivity contribution >= 4 is 46.5 Å². The van der Waals surface area contributed by atoms with Crippen molar-refractivity contribution in [2.24, 2.45) is 0 Å². The van der Waals surface area contributed by atoms with Crippen LogP contribution in [0, 0.1) is 129 Å². The van der Waals surface area contributed by atoms with Crippen molar-refractivity contribution in [3.05, 3.63) is 253 Å². The summed E-state index contributed by atoms with van der Waals surface area (Å²) in [5.41, 5.74) is 36.2. The Bertz CT molecular complexity index is 5720. The fourth-order valence-electron chi connectivity index (χ4n) is 15.9. The number of nitriles is 1. The van der Waals surface area contributed by atoms with Crippen LogP contribution < -0.4 is 47.4 Å². The fraction of sp³-hybridized carbons (Fsp3) is 0.333. The number of aryl methyl sites for hydroxylation is 13. The maximum absolute atomic E-state index is 12.2. The van der Waals surface area contributed by atoms with Gasteiger partial charge in [0.15, 0.2) is 78.2 Å². The Balaban J connectivity index is 0.000000144. The molecule has 1 atom stereocenters. The SMILES string of the molecule is Cc1c(Br)c(CO)c2c(c1Br)OCCO2.Cc1cc(CO)c2c(c1)OCCO2.Cc1ccc(-c2c(C)c(-c3ccc(C)c(C)c3)c(C(C#N)O[Si](C)(C)C)c3c2OCCO3)cc1C.Cc1ccc(-c2c(C)c(-c3ccc(C)c(C)c3)c3c(c2C=O)OCCO3)cc1C.Cc1ccc(-c2c(C)c(-c3ccc(C)c(C)c3)c3c(c2CO)OCCO3)cc1C. The summed E-state index contributed by atoms with van der Waals surface area (Å²) in [6, 6.07) is 45.0. The monoisotopic (exact) mass is 1780 g/mol. The van der Waals surface area contributed by atoms with E-state index in [1.54, 1.807) is 0 Å². The largest absolute Gasteiger partial charge is 0.486 e. The van der Waals surface area contributed by atoms with Gasteiger partial charge in [0.05, 0.1) is 35.9 Å². The van der Waals surface area contributed by atoms with Crippen LogP contribution in [0.4, 0.5) is 0 Å². The van der Waals surface area contributed by atoms with Crippen molar-refractivity contribution in [2.45, 2.75) is 163 Å². The van der Waals surface area contributed by atoms with Gasteiger partial charge in [-0.1, -0.05) is 109 Å². The summed E-state index contributed by atoms with van der Waals surface area (Å²) in [5, 5.41) is 39.0. The van der Waals surface area contributed by atoms with E-state index in [-0.39, 0.29) is 19.8 Å². The molecule has 19 heteroatoms. The molecule has 0 bridgehead atoms. The van der Waals surface area contributed by atoms with Gasteiger partial charge in [-0.05, 0) is 326 Å². The lowest BCUT2D eigenvalue weighted by molar-refractivity contribution is 0.111. The predicted octanol–water partition coefficient (Wildman–Crippen LogP) is 23.8. The van der Waals surface area contributed by atoms with Crippen LogP contribution in [0.1, 0.15) is 133 Å². The maximum Gasteiger partial charge on any atom is 0.186 e.